The Morgan fingerprint density at radius 3 is 2.82 bits per heavy atom. The maximum Gasteiger partial charge on any atom is 0.253 e. The van der Waals surface area contributed by atoms with Crippen molar-refractivity contribution < 1.29 is 4.79 Å². The van der Waals surface area contributed by atoms with Crippen molar-refractivity contribution in [1.82, 2.24) is 9.88 Å². The van der Waals surface area contributed by atoms with E-state index in [1.54, 1.807) is 25.3 Å². The molecule has 1 amide bonds. The molecule has 0 spiro atoms. The van der Waals surface area contributed by atoms with Crippen LogP contribution in [0.1, 0.15) is 25.8 Å². The van der Waals surface area contributed by atoms with Gasteiger partial charge in [0.1, 0.15) is 6.54 Å². The molecule has 0 aliphatic rings. The van der Waals surface area contributed by atoms with Crippen LogP contribution >= 0.6 is 0 Å². The number of carbonyl (C=O) groups excluding carboxylic acids is 1. The van der Waals surface area contributed by atoms with Gasteiger partial charge in [-0.1, -0.05) is 19.9 Å². The van der Waals surface area contributed by atoms with Crippen LogP contribution in [0.2, 0.25) is 0 Å². The summed E-state index contributed by atoms with van der Waals surface area (Å²) in [5.41, 5.74) is 0.550. The molecule has 1 aromatic heterocycles. The molecule has 0 saturated carbocycles. The fourth-order valence-corrected chi connectivity index (χ4v) is 1.49. The molecule has 0 aromatic carbocycles. The zero-order chi connectivity index (χ0) is 12.8. The van der Waals surface area contributed by atoms with Gasteiger partial charge in [0.2, 0.25) is 5.91 Å². The molecule has 4 heteroatoms. The first kappa shape index (κ1) is 13.5. The highest BCUT2D eigenvalue weighted by Gasteiger charge is 2.05. The Bertz CT molecular complexity index is 435. The molecule has 0 unspecified atom stereocenters. The largest absolute Gasteiger partial charge is 0.355 e. The number of hydrogen-bond acceptors (Lipinski definition) is 2. The Hall–Kier alpha value is -1.58. The van der Waals surface area contributed by atoms with Crippen molar-refractivity contribution in [2.24, 2.45) is 5.92 Å². The Kier molecular flexibility index (Phi) is 4.94. The van der Waals surface area contributed by atoms with Gasteiger partial charge in [-0.3, -0.25) is 9.59 Å². The van der Waals surface area contributed by atoms with E-state index in [0.717, 1.165) is 6.42 Å². The molecule has 94 valence electrons. The number of carbonyl (C=O) groups is 1. The maximum absolute atomic E-state index is 11.7. The molecule has 0 aliphatic heterocycles. The van der Waals surface area contributed by atoms with Crippen molar-refractivity contribution in [2.75, 3.05) is 6.54 Å². The molecular weight excluding hydrogens is 216 g/mol. The summed E-state index contributed by atoms with van der Waals surface area (Å²) in [6, 6.07) is 3.52. The smallest absolute Gasteiger partial charge is 0.253 e. The first-order valence-corrected chi connectivity index (χ1v) is 5.93. The highest BCUT2D eigenvalue weighted by Crippen LogP contribution is 1.96. The molecule has 1 N–H and O–H groups in total. The first-order chi connectivity index (χ1) is 8.00. The van der Waals surface area contributed by atoms with Crippen molar-refractivity contribution in [2.45, 2.75) is 33.7 Å². The first-order valence-electron chi connectivity index (χ1n) is 5.93. The van der Waals surface area contributed by atoms with Crippen LogP contribution in [0.15, 0.2) is 23.1 Å². The van der Waals surface area contributed by atoms with Gasteiger partial charge < -0.3 is 9.88 Å². The number of amides is 1. The topological polar surface area (TPSA) is 51.1 Å². The number of hydrogen-bond donors (Lipinski definition) is 1. The van der Waals surface area contributed by atoms with Crippen LogP contribution in [0.5, 0.6) is 0 Å². The van der Waals surface area contributed by atoms with E-state index in [9.17, 15) is 9.59 Å². The van der Waals surface area contributed by atoms with Crippen molar-refractivity contribution in [3.8, 4) is 0 Å². The van der Waals surface area contributed by atoms with E-state index in [2.05, 4.69) is 19.2 Å². The second-order valence-corrected chi connectivity index (χ2v) is 4.66. The minimum absolute atomic E-state index is 0.0958. The van der Waals surface area contributed by atoms with Gasteiger partial charge in [0.15, 0.2) is 0 Å². The summed E-state index contributed by atoms with van der Waals surface area (Å²) in [5, 5.41) is 2.81. The van der Waals surface area contributed by atoms with Gasteiger partial charge in [0, 0.05) is 18.3 Å². The van der Waals surface area contributed by atoms with Gasteiger partial charge in [-0.2, -0.15) is 0 Å². The number of aryl methyl sites for hydroxylation is 1. The lowest BCUT2D eigenvalue weighted by atomic mass is 10.1. The Balaban J connectivity index is 2.51. The van der Waals surface area contributed by atoms with Crippen LogP contribution in [0.25, 0.3) is 0 Å². The number of nitrogens with one attached hydrogen (secondary N) is 1. The average molecular weight is 236 g/mol. The minimum atomic E-state index is -0.113. The summed E-state index contributed by atoms with van der Waals surface area (Å²) in [6.45, 7) is 6.72. The predicted octanol–water partition coefficient (Wildman–Crippen LogP) is 1.32. The third kappa shape index (κ3) is 4.43. The summed E-state index contributed by atoms with van der Waals surface area (Å²) in [5.74, 6) is 0.454. The number of pyridine rings is 1. The van der Waals surface area contributed by atoms with E-state index in [4.69, 9.17) is 0 Å². The van der Waals surface area contributed by atoms with Gasteiger partial charge in [-0.25, -0.2) is 0 Å². The molecule has 0 aliphatic carbocycles. The van der Waals surface area contributed by atoms with Crippen molar-refractivity contribution in [3.05, 3.63) is 34.2 Å². The van der Waals surface area contributed by atoms with Crippen LogP contribution in [0.3, 0.4) is 0 Å². The van der Waals surface area contributed by atoms with E-state index >= 15 is 0 Å². The third-order valence-corrected chi connectivity index (χ3v) is 2.57. The molecule has 0 bridgehead atoms. The minimum Gasteiger partial charge on any atom is -0.355 e. The molecule has 0 fully saturated rings. The van der Waals surface area contributed by atoms with Gasteiger partial charge in [0.05, 0.1) is 0 Å². The normalized spacial score (nSPS) is 10.6. The molecular formula is C13H20N2O2. The van der Waals surface area contributed by atoms with Gasteiger partial charge in [-0.05, 0) is 25.3 Å². The molecule has 4 nitrogen and oxygen atoms in total. The van der Waals surface area contributed by atoms with E-state index in [1.165, 1.54) is 4.57 Å². The lowest BCUT2D eigenvalue weighted by Gasteiger charge is -2.09. The molecule has 0 radical (unpaired) electrons. The third-order valence-electron chi connectivity index (χ3n) is 2.57. The predicted molar refractivity (Wildman–Crippen MR) is 67.9 cm³/mol. The summed E-state index contributed by atoms with van der Waals surface area (Å²) in [7, 11) is 0. The van der Waals surface area contributed by atoms with Crippen molar-refractivity contribution in [1.29, 1.82) is 0 Å². The Morgan fingerprint density at radius 1 is 1.47 bits per heavy atom. The van der Waals surface area contributed by atoms with Crippen LogP contribution in [-0.4, -0.2) is 17.0 Å². The summed E-state index contributed by atoms with van der Waals surface area (Å²) >= 11 is 0. The number of nitrogens with zero attached hydrogens (tertiary/aromatic N) is 1. The standard InChI is InChI=1S/C13H20N2O2/c1-10(2)6-7-14-12(16)9-15-8-4-5-11(3)13(15)17/h4-5,8,10H,6-7,9H2,1-3H3,(H,14,16). The zero-order valence-electron chi connectivity index (χ0n) is 10.7. The summed E-state index contributed by atoms with van der Waals surface area (Å²) in [6.07, 6.45) is 2.59. The second-order valence-electron chi connectivity index (χ2n) is 4.66. The zero-order valence-corrected chi connectivity index (χ0v) is 10.7. The maximum atomic E-state index is 11.7. The van der Waals surface area contributed by atoms with E-state index < -0.39 is 0 Å². The van der Waals surface area contributed by atoms with E-state index in [-0.39, 0.29) is 18.0 Å². The Labute approximate surface area is 102 Å². The van der Waals surface area contributed by atoms with E-state index in [0.29, 0.717) is 18.0 Å². The van der Waals surface area contributed by atoms with Crippen LogP contribution in [-0.2, 0) is 11.3 Å². The van der Waals surface area contributed by atoms with Gasteiger partial charge in [-0.15, -0.1) is 0 Å². The second kappa shape index (κ2) is 6.23. The lowest BCUT2D eigenvalue weighted by Crippen LogP contribution is -2.33. The van der Waals surface area contributed by atoms with E-state index in [1.807, 2.05) is 0 Å². The summed E-state index contributed by atoms with van der Waals surface area (Å²) < 4.78 is 1.43. The quantitative estimate of drug-likeness (QED) is 0.838. The van der Waals surface area contributed by atoms with Crippen molar-refractivity contribution >= 4 is 5.91 Å². The molecule has 1 rings (SSSR count). The van der Waals surface area contributed by atoms with Crippen LogP contribution < -0.4 is 10.9 Å². The molecule has 17 heavy (non-hydrogen) atoms. The SMILES string of the molecule is Cc1cccn(CC(=O)NCCC(C)C)c1=O. The molecule has 1 aromatic rings. The molecule has 1 heterocycles. The monoisotopic (exact) mass is 236 g/mol. The molecule has 0 saturated heterocycles. The van der Waals surface area contributed by atoms with Crippen LogP contribution in [0, 0.1) is 12.8 Å². The highest BCUT2D eigenvalue weighted by molar-refractivity contribution is 5.75. The van der Waals surface area contributed by atoms with Crippen LogP contribution in [0.4, 0.5) is 0 Å². The van der Waals surface area contributed by atoms with Gasteiger partial charge >= 0.3 is 0 Å². The number of rotatable bonds is 5. The Morgan fingerprint density at radius 2 is 2.18 bits per heavy atom. The van der Waals surface area contributed by atoms with Gasteiger partial charge in [0.25, 0.3) is 5.56 Å². The summed E-state index contributed by atoms with van der Waals surface area (Å²) in [4.78, 5) is 23.3. The fraction of sp³-hybridized carbons (Fsp3) is 0.538. The highest BCUT2D eigenvalue weighted by atomic mass is 16.2. The van der Waals surface area contributed by atoms with Crippen molar-refractivity contribution in [3.63, 3.8) is 0 Å². The fourth-order valence-electron chi connectivity index (χ4n) is 1.49. The number of aromatic nitrogens is 1. The molecule has 0 atom stereocenters. The average Bonchev–Trinajstić information content (AvgIpc) is 2.24. The lowest BCUT2D eigenvalue weighted by molar-refractivity contribution is -0.121.